The smallest absolute Gasteiger partial charge is 0.409 e. The first kappa shape index (κ1) is 23.7. The lowest BCUT2D eigenvalue weighted by molar-refractivity contribution is 0.0913. The highest BCUT2D eigenvalue weighted by atomic mass is 127. The van der Waals surface area contributed by atoms with Crippen LogP contribution in [-0.2, 0) is 17.7 Å². The molecule has 7 nitrogen and oxygen atoms in total. The standard InChI is InChI=1S/C21H33N5O2.HI/c1-4-28-21(27)25-13-11-24(12-14-25)20(22-3)23-15-17(2)26-10-9-18-7-5-6-8-19(18)16-26;/h5-8,17H,4,9-16H2,1-3H3,(H,22,23);1H. The molecule has 8 heteroatoms. The molecule has 0 spiro atoms. The Bertz CT molecular complexity index is 691. The molecule has 0 aromatic heterocycles. The SMILES string of the molecule is CCOC(=O)N1CCN(C(=NC)NCC(C)N2CCc3ccccc3C2)CC1.I. The molecule has 1 aromatic carbocycles. The van der Waals surface area contributed by atoms with Crippen LogP contribution in [-0.4, -0.2) is 85.7 Å². The number of benzene rings is 1. The van der Waals surface area contributed by atoms with Crippen molar-refractivity contribution in [1.82, 2.24) is 20.0 Å². The third-order valence-electron chi connectivity index (χ3n) is 5.66. The van der Waals surface area contributed by atoms with Crippen LogP contribution in [0.4, 0.5) is 4.79 Å². The van der Waals surface area contributed by atoms with E-state index in [2.05, 4.69) is 51.3 Å². The van der Waals surface area contributed by atoms with Gasteiger partial charge >= 0.3 is 6.09 Å². The molecule has 1 saturated heterocycles. The van der Waals surface area contributed by atoms with Gasteiger partial charge in [-0.2, -0.15) is 0 Å². The van der Waals surface area contributed by atoms with Crippen molar-refractivity contribution in [3.8, 4) is 0 Å². The summed E-state index contributed by atoms with van der Waals surface area (Å²) in [5.41, 5.74) is 2.93. The first-order valence-electron chi connectivity index (χ1n) is 10.3. The molecule has 1 atom stereocenters. The molecule has 2 aliphatic rings. The first-order valence-corrected chi connectivity index (χ1v) is 10.3. The van der Waals surface area contributed by atoms with Gasteiger partial charge in [0.25, 0.3) is 0 Å². The Kier molecular flexibility index (Phi) is 9.48. The number of amides is 1. The summed E-state index contributed by atoms with van der Waals surface area (Å²) >= 11 is 0. The van der Waals surface area contributed by atoms with Crippen molar-refractivity contribution in [2.24, 2.45) is 4.99 Å². The lowest BCUT2D eigenvalue weighted by Gasteiger charge is -2.37. The number of fused-ring (bicyclic) bond motifs is 1. The van der Waals surface area contributed by atoms with Crippen LogP contribution in [0.1, 0.15) is 25.0 Å². The number of carbonyl (C=O) groups excluding carboxylic acids is 1. The van der Waals surface area contributed by atoms with Gasteiger partial charge in [0.1, 0.15) is 0 Å². The zero-order valence-electron chi connectivity index (χ0n) is 17.8. The molecule has 1 aromatic rings. The van der Waals surface area contributed by atoms with E-state index in [1.807, 2.05) is 14.0 Å². The number of piperazine rings is 1. The maximum atomic E-state index is 11.9. The van der Waals surface area contributed by atoms with Gasteiger partial charge < -0.3 is 19.9 Å². The Balaban J connectivity index is 0.00000300. The molecule has 1 amide bonds. The van der Waals surface area contributed by atoms with Crippen molar-refractivity contribution < 1.29 is 9.53 Å². The number of nitrogens with zero attached hydrogens (tertiary/aromatic N) is 4. The molecule has 162 valence electrons. The molecule has 1 fully saturated rings. The number of rotatable bonds is 4. The quantitative estimate of drug-likeness (QED) is 0.379. The zero-order valence-corrected chi connectivity index (χ0v) is 20.1. The number of guanidine groups is 1. The van der Waals surface area contributed by atoms with Gasteiger partial charge in [0, 0.05) is 58.9 Å². The Morgan fingerprint density at radius 3 is 2.45 bits per heavy atom. The molecule has 2 aliphatic heterocycles. The van der Waals surface area contributed by atoms with E-state index in [9.17, 15) is 4.79 Å². The molecular weight excluding hydrogens is 481 g/mol. The average molecular weight is 515 g/mol. The second kappa shape index (κ2) is 11.6. The van der Waals surface area contributed by atoms with Crippen molar-refractivity contribution in [3.05, 3.63) is 35.4 Å². The number of aliphatic imine (C=N–C) groups is 1. The Hall–Kier alpha value is -1.55. The van der Waals surface area contributed by atoms with E-state index in [1.54, 1.807) is 4.90 Å². The summed E-state index contributed by atoms with van der Waals surface area (Å²) in [6.45, 7) is 10.3. The number of halogens is 1. The van der Waals surface area contributed by atoms with Crippen molar-refractivity contribution in [2.75, 3.05) is 52.9 Å². The molecule has 1 N–H and O–H groups in total. The van der Waals surface area contributed by atoms with Crippen LogP contribution in [0.3, 0.4) is 0 Å². The molecule has 0 bridgehead atoms. The lowest BCUT2D eigenvalue weighted by Crippen LogP contribution is -2.55. The van der Waals surface area contributed by atoms with E-state index in [-0.39, 0.29) is 30.1 Å². The molecular formula is C21H34IN5O2. The maximum Gasteiger partial charge on any atom is 0.409 e. The van der Waals surface area contributed by atoms with E-state index in [1.165, 1.54) is 11.1 Å². The summed E-state index contributed by atoms with van der Waals surface area (Å²) in [6, 6.07) is 9.16. The summed E-state index contributed by atoms with van der Waals surface area (Å²) in [5, 5.41) is 3.53. The first-order chi connectivity index (χ1) is 13.6. The number of nitrogens with one attached hydrogen (secondary N) is 1. The van der Waals surface area contributed by atoms with Crippen LogP contribution in [0.5, 0.6) is 0 Å². The van der Waals surface area contributed by atoms with Crippen molar-refractivity contribution in [3.63, 3.8) is 0 Å². The van der Waals surface area contributed by atoms with Gasteiger partial charge in [-0.25, -0.2) is 4.79 Å². The molecule has 3 rings (SSSR count). The van der Waals surface area contributed by atoms with E-state index in [4.69, 9.17) is 4.74 Å². The number of ether oxygens (including phenoxy) is 1. The fourth-order valence-corrected chi connectivity index (χ4v) is 3.91. The van der Waals surface area contributed by atoms with Crippen LogP contribution in [0.15, 0.2) is 29.3 Å². The van der Waals surface area contributed by atoms with Crippen molar-refractivity contribution in [1.29, 1.82) is 0 Å². The van der Waals surface area contributed by atoms with Crippen molar-refractivity contribution >= 4 is 36.0 Å². The Labute approximate surface area is 191 Å². The molecule has 1 unspecified atom stereocenters. The van der Waals surface area contributed by atoms with E-state index in [0.717, 1.165) is 45.1 Å². The minimum absolute atomic E-state index is 0. The second-order valence-electron chi connectivity index (χ2n) is 7.44. The fraction of sp³-hybridized carbons (Fsp3) is 0.619. The van der Waals surface area contributed by atoms with Gasteiger partial charge in [0.2, 0.25) is 0 Å². The van der Waals surface area contributed by atoms with Gasteiger partial charge in [-0.1, -0.05) is 24.3 Å². The molecule has 0 saturated carbocycles. The molecule has 29 heavy (non-hydrogen) atoms. The zero-order chi connectivity index (χ0) is 19.9. The van der Waals surface area contributed by atoms with E-state index in [0.29, 0.717) is 25.7 Å². The summed E-state index contributed by atoms with van der Waals surface area (Å²) in [4.78, 5) is 22.8. The molecule has 0 radical (unpaired) electrons. The summed E-state index contributed by atoms with van der Waals surface area (Å²) in [7, 11) is 1.82. The maximum absolute atomic E-state index is 11.9. The van der Waals surface area contributed by atoms with Gasteiger partial charge in [0.15, 0.2) is 5.96 Å². The summed E-state index contributed by atoms with van der Waals surface area (Å²) in [5.74, 6) is 0.910. The highest BCUT2D eigenvalue weighted by Gasteiger charge is 2.25. The Morgan fingerprint density at radius 1 is 1.14 bits per heavy atom. The minimum Gasteiger partial charge on any atom is -0.450 e. The number of hydrogen-bond donors (Lipinski definition) is 1. The largest absolute Gasteiger partial charge is 0.450 e. The minimum atomic E-state index is -0.218. The van der Waals surface area contributed by atoms with Gasteiger partial charge in [-0.15, -0.1) is 24.0 Å². The predicted molar refractivity (Wildman–Crippen MR) is 127 cm³/mol. The normalized spacial score (nSPS) is 18.5. The van der Waals surface area contributed by atoms with E-state index >= 15 is 0 Å². The van der Waals surface area contributed by atoms with Gasteiger partial charge in [0.05, 0.1) is 6.61 Å². The van der Waals surface area contributed by atoms with Crippen LogP contribution in [0.25, 0.3) is 0 Å². The van der Waals surface area contributed by atoms with Gasteiger partial charge in [-0.3, -0.25) is 9.89 Å². The third kappa shape index (κ3) is 6.21. The predicted octanol–water partition coefficient (Wildman–Crippen LogP) is 2.40. The highest BCUT2D eigenvalue weighted by molar-refractivity contribution is 14.0. The summed E-state index contributed by atoms with van der Waals surface area (Å²) < 4.78 is 5.09. The van der Waals surface area contributed by atoms with Crippen LogP contribution in [0.2, 0.25) is 0 Å². The number of carbonyl (C=O) groups is 1. The second-order valence-corrected chi connectivity index (χ2v) is 7.44. The average Bonchev–Trinajstić information content (AvgIpc) is 2.74. The molecule has 0 aliphatic carbocycles. The van der Waals surface area contributed by atoms with Crippen LogP contribution < -0.4 is 5.32 Å². The molecule has 2 heterocycles. The fourth-order valence-electron chi connectivity index (χ4n) is 3.91. The van der Waals surface area contributed by atoms with Gasteiger partial charge in [-0.05, 0) is 31.4 Å². The third-order valence-corrected chi connectivity index (χ3v) is 5.66. The highest BCUT2D eigenvalue weighted by Crippen LogP contribution is 2.20. The van der Waals surface area contributed by atoms with Crippen LogP contribution >= 0.6 is 24.0 Å². The van der Waals surface area contributed by atoms with Crippen molar-refractivity contribution in [2.45, 2.75) is 32.9 Å². The van der Waals surface area contributed by atoms with E-state index < -0.39 is 0 Å². The summed E-state index contributed by atoms with van der Waals surface area (Å²) in [6.07, 6.45) is 0.898. The number of hydrogen-bond acceptors (Lipinski definition) is 4. The topological polar surface area (TPSA) is 60.4 Å². The lowest BCUT2D eigenvalue weighted by atomic mass is 9.99. The monoisotopic (exact) mass is 515 g/mol. The van der Waals surface area contributed by atoms with Crippen LogP contribution in [0, 0.1) is 0 Å². The Morgan fingerprint density at radius 2 is 1.79 bits per heavy atom.